The Hall–Kier alpha value is -1.10. The van der Waals surface area contributed by atoms with Crippen molar-refractivity contribution in [1.29, 1.82) is 0 Å². The summed E-state index contributed by atoms with van der Waals surface area (Å²) < 4.78 is 0. The molecule has 0 spiro atoms. The van der Waals surface area contributed by atoms with Crippen LogP contribution in [0.25, 0.3) is 0 Å². The van der Waals surface area contributed by atoms with Gasteiger partial charge in [-0.25, -0.2) is 0 Å². The predicted octanol–water partition coefficient (Wildman–Crippen LogP) is 5.08. The van der Waals surface area contributed by atoms with Gasteiger partial charge in [-0.1, -0.05) is 64.6 Å². The number of aliphatic hydroxyl groups excluding tert-OH is 1. The lowest BCUT2D eigenvalue weighted by Gasteiger charge is -2.28. The average Bonchev–Trinajstić information content (AvgIpc) is 2.67. The molecule has 29 heavy (non-hydrogen) atoms. The Bertz CT molecular complexity index is 609. The Kier molecular flexibility index (Phi) is 11.9. The van der Waals surface area contributed by atoms with E-state index in [-0.39, 0.29) is 26.7 Å². The third-order valence-corrected chi connectivity index (χ3v) is 6.25. The first-order valence-electron chi connectivity index (χ1n) is 10.4. The number of carbonyl (C=O) groups excluding carboxylic acids is 1. The van der Waals surface area contributed by atoms with Crippen LogP contribution in [0.5, 0.6) is 0 Å². The van der Waals surface area contributed by atoms with Crippen LogP contribution < -0.4 is 10.6 Å². The van der Waals surface area contributed by atoms with Crippen LogP contribution in [0.1, 0.15) is 79.8 Å². The Balaban J connectivity index is 0.00000210. The van der Waals surface area contributed by atoms with Crippen LogP contribution in [0.4, 0.5) is 0 Å². The minimum atomic E-state index is -0.568. The molecule has 1 aromatic carbocycles. The van der Waals surface area contributed by atoms with E-state index in [0.29, 0.717) is 17.1 Å². The number of hydrogen-bond donors (Lipinski definition) is 3. The highest BCUT2D eigenvalue weighted by atomic mass is 35.5. The van der Waals surface area contributed by atoms with Crippen LogP contribution in [0.2, 0.25) is 5.02 Å². The number of aliphatic hydroxyl groups is 1. The lowest BCUT2D eigenvalue weighted by Crippen LogP contribution is -2.33. The average molecular weight is 420 g/mol. The number of halogens is 1. The first-order chi connectivity index (χ1) is 13.1. The van der Waals surface area contributed by atoms with Crippen molar-refractivity contribution in [3.8, 4) is 0 Å². The fourth-order valence-corrected chi connectivity index (χ4v) is 4.41. The van der Waals surface area contributed by atoms with E-state index in [1.807, 2.05) is 6.07 Å². The van der Waals surface area contributed by atoms with Gasteiger partial charge in [0.1, 0.15) is 0 Å². The fraction of sp³-hybridized carbons (Fsp3) is 0.583. The van der Waals surface area contributed by atoms with E-state index >= 15 is 0 Å². The molecular formula is C24H36ClN2O2. The molecule has 1 saturated heterocycles. The molecule has 1 amide bonds. The zero-order valence-corrected chi connectivity index (χ0v) is 18.3. The lowest BCUT2D eigenvalue weighted by molar-refractivity contribution is 0.0914. The van der Waals surface area contributed by atoms with Crippen molar-refractivity contribution >= 4 is 17.5 Å². The number of piperidine rings is 1. The third-order valence-electron chi connectivity index (χ3n) is 5.92. The Morgan fingerprint density at radius 1 is 1.14 bits per heavy atom. The fourth-order valence-electron chi connectivity index (χ4n) is 4.20. The van der Waals surface area contributed by atoms with E-state index in [4.69, 9.17) is 11.6 Å². The number of amides is 1. The van der Waals surface area contributed by atoms with Crippen molar-refractivity contribution in [1.82, 2.24) is 10.6 Å². The summed E-state index contributed by atoms with van der Waals surface area (Å²) in [6.45, 7) is 2.45. The van der Waals surface area contributed by atoms with Crippen molar-refractivity contribution in [2.45, 2.75) is 63.9 Å². The molecule has 1 heterocycles. The van der Waals surface area contributed by atoms with Gasteiger partial charge in [-0.2, -0.15) is 0 Å². The van der Waals surface area contributed by atoms with Gasteiger partial charge >= 0.3 is 0 Å². The van der Waals surface area contributed by atoms with Gasteiger partial charge in [0.2, 0.25) is 0 Å². The summed E-state index contributed by atoms with van der Waals surface area (Å²) in [6, 6.07) is 5.33. The molecule has 161 valence electrons. The van der Waals surface area contributed by atoms with Crippen molar-refractivity contribution in [3.63, 3.8) is 0 Å². The van der Waals surface area contributed by atoms with E-state index in [9.17, 15) is 9.90 Å². The minimum absolute atomic E-state index is 0. The maximum Gasteiger partial charge on any atom is 0.252 e. The standard InChI is InChI=1S/C22H32ClN2O2.2CH2/c23-20-11-10-17(21(26)18-9-6-12-24-15-18)13-19(20)22(27)25-14-16-7-4-2-1-3-5-8-16;;/h10-11,13,18,21,24,26H,1-9,12,14-15H2,(H,25,27);2*1H2. The number of carbonyl (C=O) groups is 1. The SMILES string of the molecule is O=C(NC[C]1CCCCCCC1)c1cc(C(O)C2CCCNC2)ccc1Cl.[CH2].[CH2]. The smallest absolute Gasteiger partial charge is 0.252 e. The van der Waals surface area contributed by atoms with Gasteiger partial charge in [0, 0.05) is 19.0 Å². The van der Waals surface area contributed by atoms with Crippen LogP contribution >= 0.6 is 11.6 Å². The molecule has 2 aliphatic rings. The zero-order chi connectivity index (χ0) is 19.1. The van der Waals surface area contributed by atoms with Crippen molar-refractivity contribution < 1.29 is 9.90 Å². The number of rotatable bonds is 5. The second-order valence-electron chi connectivity index (χ2n) is 7.99. The Labute approximate surface area is 182 Å². The summed E-state index contributed by atoms with van der Waals surface area (Å²) in [5, 5.41) is 17.5. The Morgan fingerprint density at radius 2 is 1.83 bits per heavy atom. The van der Waals surface area contributed by atoms with E-state index < -0.39 is 6.10 Å². The van der Waals surface area contributed by atoms with Gasteiger partial charge < -0.3 is 15.7 Å². The molecule has 3 rings (SSSR count). The highest BCUT2D eigenvalue weighted by molar-refractivity contribution is 6.33. The summed E-state index contributed by atoms with van der Waals surface area (Å²) in [4.78, 5) is 12.7. The van der Waals surface area contributed by atoms with Crippen LogP contribution in [0, 0.1) is 26.7 Å². The Morgan fingerprint density at radius 3 is 2.48 bits per heavy atom. The maximum absolute atomic E-state index is 12.7. The highest BCUT2D eigenvalue weighted by Gasteiger charge is 2.24. The largest absolute Gasteiger partial charge is 0.388 e. The van der Waals surface area contributed by atoms with Gasteiger partial charge in [0.15, 0.2) is 0 Å². The first kappa shape index (κ1) is 25.9. The third kappa shape index (κ3) is 7.58. The molecule has 2 unspecified atom stereocenters. The van der Waals surface area contributed by atoms with Gasteiger partial charge in [-0.05, 0) is 55.8 Å². The second-order valence-corrected chi connectivity index (χ2v) is 8.40. The minimum Gasteiger partial charge on any atom is -0.388 e. The second kappa shape index (κ2) is 13.3. The van der Waals surface area contributed by atoms with Gasteiger partial charge in [-0.3, -0.25) is 4.79 Å². The summed E-state index contributed by atoms with van der Waals surface area (Å²) in [7, 11) is 0. The monoisotopic (exact) mass is 419 g/mol. The maximum atomic E-state index is 12.7. The molecule has 0 aromatic heterocycles. The molecule has 2 atom stereocenters. The van der Waals surface area contributed by atoms with Crippen LogP contribution in [-0.2, 0) is 0 Å². The molecule has 1 aliphatic heterocycles. The van der Waals surface area contributed by atoms with Crippen LogP contribution in [0.3, 0.4) is 0 Å². The summed E-state index contributed by atoms with van der Waals surface area (Å²) in [5.41, 5.74) is 1.24. The normalized spacial score (nSPS) is 21.7. The summed E-state index contributed by atoms with van der Waals surface area (Å²) >= 11 is 6.29. The topological polar surface area (TPSA) is 61.4 Å². The lowest BCUT2D eigenvalue weighted by atomic mass is 9.89. The molecule has 5 radical (unpaired) electrons. The summed E-state index contributed by atoms with van der Waals surface area (Å²) in [5.74, 6) is 1.47. The van der Waals surface area contributed by atoms with Crippen molar-refractivity contribution in [3.05, 3.63) is 55.1 Å². The zero-order valence-electron chi connectivity index (χ0n) is 17.5. The van der Waals surface area contributed by atoms with E-state index in [0.717, 1.165) is 44.3 Å². The van der Waals surface area contributed by atoms with Crippen LogP contribution in [0.15, 0.2) is 18.2 Å². The molecule has 4 nitrogen and oxygen atoms in total. The van der Waals surface area contributed by atoms with Crippen molar-refractivity contribution in [2.75, 3.05) is 19.6 Å². The molecule has 3 N–H and O–H groups in total. The molecule has 1 aliphatic carbocycles. The molecule has 0 bridgehead atoms. The number of benzene rings is 1. The van der Waals surface area contributed by atoms with Crippen LogP contribution in [-0.4, -0.2) is 30.6 Å². The number of hydrogen-bond acceptors (Lipinski definition) is 3. The van der Waals surface area contributed by atoms with E-state index in [2.05, 4.69) is 10.6 Å². The number of nitrogens with one attached hydrogen (secondary N) is 2. The van der Waals surface area contributed by atoms with Crippen molar-refractivity contribution in [2.24, 2.45) is 5.92 Å². The highest BCUT2D eigenvalue weighted by Crippen LogP contribution is 2.30. The summed E-state index contributed by atoms with van der Waals surface area (Å²) in [6.07, 6.45) is 10.1. The van der Waals surface area contributed by atoms with Gasteiger partial charge in [0.25, 0.3) is 5.91 Å². The van der Waals surface area contributed by atoms with E-state index in [1.165, 1.54) is 38.0 Å². The van der Waals surface area contributed by atoms with E-state index in [1.54, 1.807) is 12.1 Å². The van der Waals surface area contributed by atoms with Gasteiger partial charge in [-0.15, -0.1) is 0 Å². The molecule has 5 heteroatoms. The van der Waals surface area contributed by atoms with Gasteiger partial charge in [0.05, 0.1) is 16.7 Å². The molecule has 1 aromatic rings. The first-order valence-corrected chi connectivity index (χ1v) is 10.8. The molecule has 1 saturated carbocycles. The predicted molar refractivity (Wildman–Crippen MR) is 121 cm³/mol. The molecular weight excluding hydrogens is 384 g/mol. The molecule has 2 fully saturated rings. The quantitative estimate of drug-likeness (QED) is 0.623.